The van der Waals surface area contributed by atoms with E-state index < -0.39 is 5.97 Å². The molecular formula is C25H20NO3S-. The molecule has 150 valence electrons. The van der Waals surface area contributed by atoms with E-state index in [0.29, 0.717) is 10.6 Å². The van der Waals surface area contributed by atoms with Crippen molar-refractivity contribution in [2.24, 2.45) is 0 Å². The highest BCUT2D eigenvalue weighted by Gasteiger charge is 2.17. The summed E-state index contributed by atoms with van der Waals surface area (Å²) in [6, 6.07) is 19.5. The molecule has 0 radical (unpaired) electrons. The number of anilines is 1. The van der Waals surface area contributed by atoms with E-state index in [-0.39, 0.29) is 17.9 Å². The van der Waals surface area contributed by atoms with Crippen molar-refractivity contribution < 1.29 is 14.7 Å². The summed E-state index contributed by atoms with van der Waals surface area (Å²) in [5.41, 5.74) is 4.48. The lowest BCUT2D eigenvalue weighted by atomic mass is 9.99. The summed E-state index contributed by atoms with van der Waals surface area (Å²) in [7, 11) is 0. The molecule has 0 saturated carbocycles. The fourth-order valence-corrected chi connectivity index (χ4v) is 4.54. The second kappa shape index (κ2) is 8.13. The zero-order valence-corrected chi connectivity index (χ0v) is 17.5. The summed E-state index contributed by atoms with van der Waals surface area (Å²) >= 11 is 1.20. The lowest BCUT2D eigenvalue weighted by molar-refractivity contribution is -0.254. The zero-order chi connectivity index (χ0) is 21.3. The van der Waals surface area contributed by atoms with Crippen LogP contribution in [0.4, 0.5) is 5.00 Å². The smallest absolute Gasteiger partial charge is 0.229 e. The van der Waals surface area contributed by atoms with Gasteiger partial charge < -0.3 is 15.2 Å². The van der Waals surface area contributed by atoms with Gasteiger partial charge in [0, 0.05) is 16.5 Å². The van der Waals surface area contributed by atoms with Gasteiger partial charge in [0.15, 0.2) is 0 Å². The van der Waals surface area contributed by atoms with E-state index >= 15 is 0 Å². The number of fused-ring (bicyclic) bond motifs is 1. The van der Waals surface area contributed by atoms with Crippen LogP contribution in [-0.2, 0) is 11.2 Å². The Balaban J connectivity index is 1.63. The lowest BCUT2D eigenvalue weighted by Gasteiger charge is -2.12. The number of aromatic carboxylic acids is 1. The third-order valence-corrected chi connectivity index (χ3v) is 6.19. The standard InChI is InChI=1S/C25H21NO3S/c1-15-10-11-19(12-16(15)2)21-14-30-24(23(21)25(28)29)26-22(27)13-18-8-5-7-17-6-3-4-9-20(17)18/h3-12,14H,13H2,1-2H3,(H,26,27)(H,28,29)/p-1. The third kappa shape index (κ3) is 3.84. The van der Waals surface area contributed by atoms with Crippen LogP contribution in [0.5, 0.6) is 0 Å². The molecule has 0 atom stereocenters. The minimum Gasteiger partial charge on any atom is -0.545 e. The Morgan fingerprint density at radius 1 is 0.967 bits per heavy atom. The molecule has 1 N–H and O–H groups in total. The molecule has 0 aliphatic rings. The molecule has 0 unspecified atom stereocenters. The van der Waals surface area contributed by atoms with Gasteiger partial charge in [-0.05, 0) is 46.9 Å². The molecular weight excluding hydrogens is 394 g/mol. The molecule has 4 aromatic rings. The number of hydrogen-bond acceptors (Lipinski definition) is 4. The number of carboxylic acids is 1. The van der Waals surface area contributed by atoms with Gasteiger partial charge in [0.1, 0.15) is 5.00 Å². The lowest BCUT2D eigenvalue weighted by Crippen LogP contribution is -2.24. The van der Waals surface area contributed by atoms with Gasteiger partial charge in [0.25, 0.3) is 0 Å². The van der Waals surface area contributed by atoms with Crippen molar-refractivity contribution in [3.8, 4) is 11.1 Å². The molecule has 0 aliphatic heterocycles. The summed E-state index contributed by atoms with van der Waals surface area (Å²) in [4.78, 5) is 24.6. The maximum atomic E-state index is 12.7. The van der Waals surface area contributed by atoms with Crippen molar-refractivity contribution in [1.82, 2.24) is 0 Å². The number of nitrogens with one attached hydrogen (secondary N) is 1. The topological polar surface area (TPSA) is 69.2 Å². The molecule has 4 nitrogen and oxygen atoms in total. The van der Waals surface area contributed by atoms with Crippen molar-refractivity contribution in [2.45, 2.75) is 20.3 Å². The van der Waals surface area contributed by atoms with Crippen LogP contribution in [0.3, 0.4) is 0 Å². The van der Waals surface area contributed by atoms with E-state index in [9.17, 15) is 14.7 Å². The molecule has 5 heteroatoms. The van der Waals surface area contributed by atoms with Crippen molar-refractivity contribution in [1.29, 1.82) is 0 Å². The van der Waals surface area contributed by atoms with E-state index in [0.717, 1.165) is 33.0 Å². The number of carboxylic acid groups (broad SMARTS) is 1. The molecule has 3 aromatic carbocycles. The molecule has 1 amide bonds. The number of hydrogen-bond donors (Lipinski definition) is 1. The molecule has 0 saturated heterocycles. The molecule has 4 rings (SSSR count). The first-order valence-corrected chi connectivity index (χ1v) is 10.5. The minimum absolute atomic E-state index is 0.0227. The van der Waals surface area contributed by atoms with Crippen molar-refractivity contribution >= 4 is 39.0 Å². The summed E-state index contributed by atoms with van der Waals surface area (Å²) in [6.45, 7) is 3.99. The molecule has 1 aromatic heterocycles. The number of benzene rings is 3. The van der Waals surface area contributed by atoms with Gasteiger partial charge in [0.05, 0.1) is 12.4 Å². The summed E-state index contributed by atoms with van der Waals surface area (Å²) in [6.07, 6.45) is 0.157. The maximum Gasteiger partial charge on any atom is 0.229 e. The normalized spacial score (nSPS) is 10.9. The number of thiophene rings is 1. The van der Waals surface area contributed by atoms with Crippen LogP contribution in [0.1, 0.15) is 27.0 Å². The quantitative estimate of drug-likeness (QED) is 0.513. The monoisotopic (exact) mass is 414 g/mol. The first kappa shape index (κ1) is 19.9. The molecule has 1 heterocycles. The molecule has 0 spiro atoms. The Kier molecular flexibility index (Phi) is 5.38. The van der Waals surface area contributed by atoms with Crippen molar-refractivity contribution in [3.05, 3.63) is 88.3 Å². The maximum absolute atomic E-state index is 12.7. The van der Waals surface area contributed by atoms with E-state index in [1.165, 1.54) is 11.3 Å². The largest absolute Gasteiger partial charge is 0.545 e. The summed E-state index contributed by atoms with van der Waals surface area (Å²) < 4.78 is 0. The zero-order valence-electron chi connectivity index (χ0n) is 16.7. The Bertz CT molecular complexity index is 1270. The van der Waals surface area contributed by atoms with Gasteiger partial charge in [-0.25, -0.2) is 0 Å². The SMILES string of the molecule is Cc1ccc(-c2csc(NC(=O)Cc3cccc4ccccc34)c2C(=O)[O-])cc1C. The van der Waals surface area contributed by atoms with Crippen molar-refractivity contribution in [2.75, 3.05) is 5.32 Å². The highest BCUT2D eigenvalue weighted by Crippen LogP contribution is 2.36. The fourth-order valence-electron chi connectivity index (χ4n) is 3.56. The first-order valence-electron chi connectivity index (χ1n) is 9.61. The van der Waals surface area contributed by atoms with Crippen LogP contribution in [0.25, 0.3) is 21.9 Å². The Hall–Kier alpha value is -3.44. The molecule has 30 heavy (non-hydrogen) atoms. The van der Waals surface area contributed by atoms with Crippen molar-refractivity contribution in [3.63, 3.8) is 0 Å². The van der Waals surface area contributed by atoms with E-state index in [1.807, 2.05) is 74.5 Å². The van der Waals surface area contributed by atoms with Crippen LogP contribution in [0.2, 0.25) is 0 Å². The highest BCUT2D eigenvalue weighted by atomic mass is 32.1. The number of rotatable bonds is 5. The second-order valence-electron chi connectivity index (χ2n) is 7.30. The predicted molar refractivity (Wildman–Crippen MR) is 120 cm³/mol. The van der Waals surface area contributed by atoms with Crippen LogP contribution in [0.15, 0.2) is 66.0 Å². The van der Waals surface area contributed by atoms with E-state index in [4.69, 9.17) is 0 Å². The third-order valence-electron chi connectivity index (χ3n) is 5.30. The highest BCUT2D eigenvalue weighted by molar-refractivity contribution is 7.15. The van der Waals surface area contributed by atoms with Gasteiger partial charge >= 0.3 is 0 Å². The van der Waals surface area contributed by atoms with Crippen LogP contribution in [0, 0.1) is 13.8 Å². The number of aryl methyl sites for hydroxylation is 2. The molecule has 0 bridgehead atoms. The number of carbonyl (C=O) groups excluding carboxylic acids is 2. The van der Waals surface area contributed by atoms with Gasteiger partial charge in [-0.15, -0.1) is 11.3 Å². The Morgan fingerprint density at radius 2 is 1.73 bits per heavy atom. The van der Waals surface area contributed by atoms with Gasteiger partial charge in [-0.2, -0.15) is 0 Å². The van der Waals surface area contributed by atoms with Crippen LogP contribution >= 0.6 is 11.3 Å². The molecule has 0 fully saturated rings. The minimum atomic E-state index is -1.30. The van der Waals surface area contributed by atoms with Gasteiger partial charge in [-0.1, -0.05) is 60.7 Å². The number of carbonyl (C=O) groups is 2. The van der Waals surface area contributed by atoms with Crippen LogP contribution in [-0.4, -0.2) is 11.9 Å². The van der Waals surface area contributed by atoms with E-state index in [1.54, 1.807) is 5.38 Å². The average molecular weight is 415 g/mol. The van der Waals surface area contributed by atoms with Crippen LogP contribution < -0.4 is 10.4 Å². The number of amides is 1. The van der Waals surface area contributed by atoms with Gasteiger partial charge in [0.2, 0.25) is 5.91 Å². The predicted octanol–water partition coefficient (Wildman–Crippen LogP) is 4.73. The first-order chi connectivity index (χ1) is 14.4. The molecule has 0 aliphatic carbocycles. The van der Waals surface area contributed by atoms with E-state index in [2.05, 4.69) is 5.32 Å². The van der Waals surface area contributed by atoms with Gasteiger partial charge in [-0.3, -0.25) is 4.79 Å². The second-order valence-corrected chi connectivity index (χ2v) is 8.18. The summed E-state index contributed by atoms with van der Waals surface area (Å²) in [5.74, 6) is -1.56. The Labute approximate surface area is 178 Å². The fraction of sp³-hybridized carbons (Fsp3) is 0.120. The average Bonchev–Trinajstić information content (AvgIpc) is 3.14. The Morgan fingerprint density at radius 3 is 2.50 bits per heavy atom. The summed E-state index contributed by atoms with van der Waals surface area (Å²) in [5, 5.41) is 18.8.